The Kier molecular flexibility index (Phi) is 2.75. The Bertz CT molecular complexity index is 1170. The summed E-state index contributed by atoms with van der Waals surface area (Å²) >= 11 is 3.38. The second-order valence-corrected chi connectivity index (χ2v) is 5.88. The molecule has 0 amide bonds. The lowest BCUT2D eigenvalue weighted by Crippen LogP contribution is -2.17. The fourth-order valence-corrected chi connectivity index (χ4v) is 3.04. The van der Waals surface area contributed by atoms with Crippen LogP contribution in [0.5, 0.6) is 0 Å². The molecule has 0 aliphatic rings. The first-order valence-corrected chi connectivity index (χ1v) is 7.42. The summed E-state index contributed by atoms with van der Waals surface area (Å²) in [6.45, 7) is 0. The lowest BCUT2D eigenvalue weighted by atomic mass is 10.1. The Morgan fingerprint density at radius 1 is 1.14 bits per heavy atom. The van der Waals surface area contributed by atoms with Crippen LogP contribution in [0.1, 0.15) is 5.56 Å². The second kappa shape index (κ2) is 4.65. The van der Waals surface area contributed by atoms with Gasteiger partial charge in [0, 0.05) is 9.86 Å². The lowest BCUT2D eigenvalue weighted by Gasteiger charge is -2.09. The van der Waals surface area contributed by atoms with Crippen LogP contribution in [0.2, 0.25) is 0 Å². The Morgan fingerprint density at radius 3 is 2.77 bits per heavy atom. The third-order valence-electron chi connectivity index (χ3n) is 3.67. The number of fused-ring (bicyclic) bond motifs is 4. The first-order chi connectivity index (χ1) is 10.7. The summed E-state index contributed by atoms with van der Waals surface area (Å²) in [5.74, 6) is 0. The van der Waals surface area contributed by atoms with Crippen LogP contribution in [0.25, 0.3) is 27.5 Å². The minimum absolute atomic E-state index is 0.172. The van der Waals surface area contributed by atoms with E-state index in [1.54, 1.807) is 18.2 Å². The van der Waals surface area contributed by atoms with Gasteiger partial charge in [-0.3, -0.25) is 9.20 Å². The summed E-state index contributed by atoms with van der Waals surface area (Å²) < 4.78 is 2.34. The smallest absolute Gasteiger partial charge is 0.266 e. The van der Waals surface area contributed by atoms with E-state index in [0.29, 0.717) is 22.1 Å². The van der Waals surface area contributed by atoms with Gasteiger partial charge in [0.2, 0.25) is 0 Å². The van der Waals surface area contributed by atoms with Gasteiger partial charge in [0.1, 0.15) is 6.07 Å². The molecular formula is C17H8BrN3O. The van der Waals surface area contributed by atoms with Gasteiger partial charge in [0.05, 0.1) is 22.0 Å². The standard InChI is InChI=1S/C17H8BrN3O/c18-12-5-6-14-13(8-12)17(22)21-15-4-2-1-3-10(15)7-11(9-19)16(21)20-14/h1-8H. The molecule has 104 valence electrons. The summed E-state index contributed by atoms with van der Waals surface area (Å²) in [4.78, 5) is 17.4. The average molecular weight is 350 g/mol. The number of hydrogen-bond acceptors (Lipinski definition) is 3. The second-order valence-electron chi connectivity index (χ2n) is 4.97. The molecule has 0 bridgehead atoms. The number of nitrogens with zero attached hydrogens (tertiary/aromatic N) is 3. The molecule has 0 atom stereocenters. The van der Waals surface area contributed by atoms with Crippen molar-refractivity contribution in [1.82, 2.24) is 9.38 Å². The van der Waals surface area contributed by atoms with Crippen LogP contribution in [-0.2, 0) is 0 Å². The maximum atomic E-state index is 12.9. The molecule has 2 aromatic carbocycles. The number of rotatable bonds is 0. The van der Waals surface area contributed by atoms with Crippen molar-refractivity contribution in [3.63, 3.8) is 0 Å². The summed E-state index contributed by atoms with van der Waals surface area (Å²) in [7, 11) is 0. The first-order valence-electron chi connectivity index (χ1n) is 6.63. The summed E-state index contributed by atoms with van der Waals surface area (Å²) in [6, 6.07) is 16.7. The average Bonchev–Trinajstić information content (AvgIpc) is 2.54. The van der Waals surface area contributed by atoms with Crippen molar-refractivity contribution >= 4 is 43.4 Å². The van der Waals surface area contributed by atoms with Gasteiger partial charge in [0.15, 0.2) is 5.65 Å². The molecule has 0 radical (unpaired) electrons. The molecule has 22 heavy (non-hydrogen) atoms. The lowest BCUT2D eigenvalue weighted by molar-refractivity contribution is 1.12. The third kappa shape index (κ3) is 1.74. The minimum Gasteiger partial charge on any atom is -0.268 e. The summed E-state index contributed by atoms with van der Waals surface area (Å²) in [6.07, 6.45) is 0. The van der Waals surface area contributed by atoms with Crippen molar-refractivity contribution in [2.24, 2.45) is 0 Å². The Morgan fingerprint density at radius 2 is 1.95 bits per heavy atom. The molecule has 0 saturated carbocycles. The molecule has 0 aliphatic heterocycles. The van der Waals surface area contributed by atoms with Crippen LogP contribution in [0.15, 0.2) is 57.8 Å². The molecule has 5 heteroatoms. The Hall–Kier alpha value is -2.71. The zero-order chi connectivity index (χ0) is 15.3. The van der Waals surface area contributed by atoms with Crippen LogP contribution < -0.4 is 5.56 Å². The predicted molar refractivity (Wildman–Crippen MR) is 88.9 cm³/mol. The van der Waals surface area contributed by atoms with Crippen LogP contribution in [-0.4, -0.2) is 9.38 Å². The number of aromatic nitrogens is 2. The molecular weight excluding hydrogens is 342 g/mol. The van der Waals surface area contributed by atoms with Crippen LogP contribution in [0, 0.1) is 11.3 Å². The van der Waals surface area contributed by atoms with Crippen molar-refractivity contribution in [3.05, 3.63) is 68.9 Å². The minimum atomic E-state index is -0.172. The van der Waals surface area contributed by atoms with E-state index in [2.05, 4.69) is 27.0 Å². The van der Waals surface area contributed by atoms with Crippen LogP contribution in [0.3, 0.4) is 0 Å². The molecule has 0 aliphatic carbocycles. The van der Waals surface area contributed by atoms with Gasteiger partial charge >= 0.3 is 0 Å². The van der Waals surface area contributed by atoms with Crippen molar-refractivity contribution in [2.75, 3.05) is 0 Å². The highest BCUT2D eigenvalue weighted by atomic mass is 79.9. The maximum absolute atomic E-state index is 12.9. The molecule has 2 heterocycles. The predicted octanol–water partition coefficient (Wildman–Crippen LogP) is 3.64. The van der Waals surface area contributed by atoms with E-state index >= 15 is 0 Å². The molecule has 0 spiro atoms. The number of pyridine rings is 1. The van der Waals surface area contributed by atoms with Gasteiger partial charge in [-0.2, -0.15) is 5.26 Å². The van der Waals surface area contributed by atoms with Gasteiger partial charge < -0.3 is 0 Å². The van der Waals surface area contributed by atoms with Crippen LogP contribution >= 0.6 is 15.9 Å². The molecule has 4 aromatic rings. The molecule has 0 saturated heterocycles. The number of halogens is 1. The van der Waals surface area contributed by atoms with Gasteiger partial charge in [-0.05, 0) is 30.3 Å². The summed E-state index contributed by atoms with van der Waals surface area (Å²) in [5, 5.41) is 10.7. The molecule has 0 fully saturated rings. The normalized spacial score (nSPS) is 11.1. The maximum Gasteiger partial charge on any atom is 0.266 e. The first kappa shape index (κ1) is 13.0. The van der Waals surface area contributed by atoms with E-state index in [9.17, 15) is 10.1 Å². The molecule has 2 aromatic heterocycles. The van der Waals surface area contributed by atoms with Crippen molar-refractivity contribution in [3.8, 4) is 6.07 Å². The Labute approximate surface area is 133 Å². The number of hydrogen-bond donors (Lipinski definition) is 0. The van der Waals surface area contributed by atoms with Crippen LogP contribution in [0.4, 0.5) is 0 Å². The van der Waals surface area contributed by atoms with Gasteiger partial charge in [0.25, 0.3) is 5.56 Å². The van der Waals surface area contributed by atoms with Crippen molar-refractivity contribution in [2.45, 2.75) is 0 Å². The van der Waals surface area contributed by atoms with Gasteiger partial charge in [-0.15, -0.1) is 0 Å². The number of benzene rings is 2. The van der Waals surface area contributed by atoms with Gasteiger partial charge in [-0.25, -0.2) is 4.98 Å². The van der Waals surface area contributed by atoms with Crippen molar-refractivity contribution < 1.29 is 0 Å². The van der Waals surface area contributed by atoms with E-state index in [-0.39, 0.29) is 5.56 Å². The zero-order valence-corrected chi connectivity index (χ0v) is 12.8. The molecule has 4 rings (SSSR count). The number of nitriles is 1. The summed E-state index contributed by atoms with van der Waals surface area (Å²) in [5.41, 5.74) is 1.94. The van der Waals surface area contributed by atoms with Crippen molar-refractivity contribution in [1.29, 1.82) is 5.26 Å². The molecule has 0 unspecified atom stereocenters. The fourth-order valence-electron chi connectivity index (χ4n) is 2.68. The largest absolute Gasteiger partial charge is 0.268 e. The monoisotopic (exact) mass is 349 g/mol. The van der Waals surface area contributed by atoms with Gasteiger partial charge in [-0.1, -0.05) is 34.1 Å². The van der Waals surface area contributed by atoms with E-state index in [1.165, 1.54) is 4.40 Å². The highest BCUT2D eigenvalue weighted by molar-refractivity contribution is 9.10. The topological polar surface area (TPSA) is 58.2 Å². The quantitative estimate of drug-likeness (QED) is 0.359. The Balaban J connectivity index is 2.39. The molecule has 0 N–H and O–H groups in total. The van der Waals surface area contributed by atoms with E-state index in [0.717, 1.165) is 15.4 Å². The SMILES string of the molecule is N#Cc1cc2ccccc2n2c(=O)c3cc(Br)ccc3nc12. The highest BCUT2D eigenvalue weighted by Gasteiger charge is 2.12. The highest BCUT2D eigenvalue weighted by Crippen LogP contribution is 2.21. The number of para-hydroxylation sites is 1. The fraction of sp³-hybridized carbons (Fsp3) is 0. The van der Waals surface area contributed by atoms with E-state index in [4.69, 9.17) is 0 Å². The zero-order valence-electron chi connectivity index (χ0n) is 11.2. The van der Waals surface area contributed by atoms with E-state index in [1.807, 2.05) is 30.3 Å². The third-order valence-corrected chi connectivity index (χ3v) is 4.16. The van der Waals surface area contributed by atoms with E-state index < -0.39 is 0 Å². The molecule has 4 nitrogen and oxygen atoms in total.